The average Bonchev–Trinajstić information content (AvgIpc) is 3.04. The maximum absolute atomic E-state index is 12.9. The highest BCUT2D eigenvalue weighted by Gasteiger charge is 2.45. The van der Waals surface area contributed by atoms with Crippen molar-refractivity contribution in [2.75, 3.05) is 34.5 Å². The van der Waals surface area contributed by atoms with Crippen LogP contribution in [0.15, 0.2) is 54.1 Å². The predicted octanol–water partition coefficient (Wildman–Crippen LogP) is 3.16. The number of rotatable bonds is 8. The molecule has 1 saturated heterocycles. The number of nitrogens with zero attached hydrogens (tertiary/aromatic N) is 1. The van der Waals surface area contributed by atoms with E-state index in [-0.39, 0.29) is 11.3 Å². The molecular weight excluding hydrogens is 386 g/mol. The molecule has 3 rings (SSSR count). The zero-order valence-electron chi connectivity index (χ0n) is 17.3. The van der Waals surface area contributed by atoms with Gasteiger partial charge in [0, 0.05) is 25.8 Å². The van der Waals surface area contributed by atoms with Crippen molar-refractivity contribution in [1.29, 1.82) is 0 Å². The first kappa shape index (κ1) is 21.4. The Morgan fingerprint density at radius 3 is 2.33 bits per heavy atom. The highest BCUT2D eigenvalue weighted by molar-refractivity contribution is 6.46. The first-order chi connectivity index (χ1) is 14.5. The number of hydrogen-bond acceptors (Lipinski definition) is 6. The van der Waals surface area contributed by atoms with Crippen LogP contribution in [0.2, 0.25) is 0 Å². The van der Waals surface area contributed by atoms with Gasteiger partial charge in [0.15, 0.2) is 0 Å². The lowest BCUT2D eigenvalue weighted by molar-refractivity contribution is -0.140. The number of amides is 1. The molecule has 0 bridgehead atoms. The molecule has 0 radical (unpaired) electrons. The number of aliphatic hydroxyl groups is 1. The van der Waals surface area contributed by atoms with Crippen molar-refractivity contribution in [1.82, 2.24) is 4.90 Å². The second-order valence-corrected chi connectivity index (χ2v) is 6.84. The molecule has 1 aliphatic heterocycles. The molecule has 1 N–H and O–H groups in total. The number of aliphatic hydroxyl groups excluding tert-OH is 1. The Morgan fingerprint density at radius 2 is 1.70 bits per heavy atom. The van der Waals surface area contributed by atoms with E-state index in [1.807, 2.05) is 6.07 Å². The van der Waals surface area contributed by atoms with Gasteiger partial charge in [0.1, 0.15) is 17.3 Å². The summed E-state index contributed by atoms with van der Waals surface area (Å²) >= 11 is 0. The molecule has 30 heavy (non-hydrogen) atoms. The number of carbonyl (C=O) groups is 2. The van der Waals surface area contributed by atoms with E-state index in [9.17, 15) is 14.7 Å². The zero-order valence-corrected chi connectivity index (χ0v) is 17.3. The van der Waals surface area contributed by atoms with E-state index >= 15 is 0 Å². The summed E-state index contributed by atoms with van der Waals surface area (Å²) in [4.78, 5) is 27.2. The minimum absolute atomic E-state index is 0.0517. The van der Waals surface area contributed by atoms with Gasteiger partial charge in [-0.25, -0.2) is 0 Å². The second-order valence-electron chi connectivity index (χ2n) is 6.84. The maximum atomic E-state index is 12.9. The summed E-state index contributed by atoms with van der Waals surface area (Å²) in [6.07, 6.45) is 0.562. The molecule has 1 atom stereocenters. The molecule has 1 aliphatic rings. The molecule has 0 aromatic heterocycles. The maximum Gasteiger partial charge on any atom is 0.295 e. The SMILES string of the molecule is COCCCN1C(=O)C(=O)/C(=C(\O)c2ccc(OC)cc2)[C@@H]1c1cccc(OC)c1. The van der Waals surface area contributed by atoms with Crippen LogP contribution in [0.25, 0.3) is 5.76 Å². The molecule has 7 heteroatoms. The van der Waals surface area contributed by atoms with Crippen LogP contribution in [0, 0.1) is 0 Å². The van der Waals surface area contributed by atoms with Crippen LogP contribution in [0.1, 0.15) is 23.6 Å². The number of likely N-dealkylation sites (tertiary alicyclic amines) is 1. The normalized spacial score (nSPS) is 18.0. The summed E-state index contributed by atoms with van der Waals surface area (Å²) in [6.45, 7) is 0.770. The van der Waals surface area contributed by atoms with Crippen molar-refractivity contribution in [2.24, 2.45) is 0 Å². The number of ether oxygens (including phenoxy) is 3. The highest BCUT2D eigenvalue weighted by atomic mass is 16.5. The van der Waals surface area contributed by atoms with E-state index in [1.54, 1.807) is 63.8 Å². The van der Waals surface area contributed by atoms with Gasteiger partial charge in [0.05, 0.1) is 25.8 Å². The summed E-state index contributed by atoms with van der Waals surface area (Å²) in [7, 11) is 4.67. The summed E-state index contributed by atoms with van der Waals surface area (Å²) in [6, 6.07) is 13.1. The van der Waals surface area contributed by atoms with Gasteiger partial charge in [0.2, 0.25) is 0 Å². The van der Waals surface area contributed by atoms with Crippen LogP contribution in [-0.2, 0) is 14.3 Å². The van der Waals surface area contributed by atoms with Gasteiger partial charge in [-0.05, 0) is 48.4 Å². The summed E-state index contributed by atoms with van der Waals surface area (Å²) in [5.74, 6) is -0.365. The van der Waals surface area contributed by atoms with Crippen molar-refractivity contribution < 1.29 is 28.9 Å². The van der Waals surface area contributed by atoms with Crippen molar-refractivity contribution >= 4 is 17.4 Å². The molecule has 158 valence electrons. The van der Waals surface area contributed by atoms with E-state index in [0.29, 0.717) is 42.2 Å². The fourth-order valence-corrected chi connectivity index (χ4v) is 3.55. The fraction of sp³-hybridized carbons (Fsp3) is 0.304. The summed E-state index contributed by atoms with van der Waals surface area (Å²) in [5, 5.41) is 11.0. The summed E-state index contributed by atoms with van der Waals surface area (Å²) in [5.41, 5.74) is 1.16. The van der Waals surface area contributed by atoms with Crippen LogP contribution in [0.3, 0.4) is 0 Å². The molecule has 0 aliphatic carbocycles. The van der Waals surface area contributed by atoms with Gasteiger partial charge >= 0.3 is 0 Å². The smallest absolute Gasteiger partial charge is 0.295 e. The predicted molar refractivity (Wildman–Crippen MR) is 111 cm³/mol. The molecule has 0 spiro atoms. The minimum atomic E-state index is -0.723. The van der Waals surface area contributed by atoms with Crippen LogP contribution >= 0.6 is 0 Å². The molecule has 1 amide bonds. The average molecular weight is 411 g/mol. The topological polar surface area (TPSA) is 85.3 Å². The Kier molecular flexibility index (Phi) is 6.74. The number of hydrogen-bond donors (Lipinski definition) is 1. The Morgan fingerprint density at radius 1 is 1.00 bits per heavy atom. The number of methoxy groups -OCH3 is 3. The van der Waals surface area contributed by atoms with Gasteiger partial charge < -0.3 is 24.2 Å². The molecule has 0 unspecified atom stereocenters. The van der Waals surface area contributed by atoms with Crippen molar-refractivity contribution in [3.8, 4) is 11.5 Å². The highest BCUT2D eigenvalue weighted by Crippen LogP contribution is 2.40. The van der Waals surface area contributed by atoms with Crippen molar-refractivity contribution in [3.63, 3.8) is 0 Å². The van der Waals surface area contributed by atoms with E-state index in [2.05, 4.69) is 0 Å². The third-order valence-electron chi connectivity index (χ3n) is 5.06. The Balaban J connectivity index is 2.11. The van der Waals surface area contributed by atoms with Crippen molar-refractivity contribution in [3.05, 3.63) is 65.2 Å². The van der Waals surface area contributed by atoms with E-state index in [4.69, 9.17) is 14.2 Å². The lowest BCUT2D eigenvalue weighted by atomic mass is 9.95. The lowest BCUT2D eigenvalue weighted by Gasteiger charge is -2.25. The van der Waals surface area contributed by atoms with Gasteiger partial charge in [-0.3, -0.25) is 9.59 Å². The largest absolute Gasteiger partial charge is 0.507 e. The standard InChI is InChI=1S/C23H25NO6/c1-28-13-5-12-24-20(16-6-4-7-18(14-16)30-3)19(22(26)23(24)27)21(25)15-8-10-17(29-2)11-9-15/h4,6-11,14,20,25H,5,12-13H2,1-3H3/b21-19-/t20-/m0/s1. The Bertz CT molecular complexity index is 950. The zero-order chi connectivity index (χ0) is 21.7. The lowest BCUT2D eigenvalue weighted by Crippen LogP contribution is -2.31. The molecule has 2 aromatic carbocycles. The van der Waals surface area contributed by atoms with Crippen LogP contribution < -0.4 is 9.47 Å². The molecular formula is C23H25NO6. The van der Waals surface area contributed by atoms with E-state index in [0.717, 1.165) is 0 Å². The van der Waals surface area contributed by atoms with Gasteiger partial charge in [-0.2, -0.15) is 0 Å². The number of carbonyl (C=O) groups excluding carboxylic acids is 2. The number of benzene rings is 2. The van der Waals surface area contributed by atoms with Crippen molar-refractivity contribution in [2.45, 2.75) is 12.5 Å². The van der Waals surface area contributed by atoms with E-state index in [1.165, 1.54) is 4.90 Å². The van der Waals surface area contributed by atoms with Crippen LogP contribution in [0.4, 0.5) is 0 Å². The first-order valence-corrected chi connectivity index (χ1v) is 9.57. The number of Topliss-reactive ketones (excluding diaryl/α,β-unsaturated/α-hetero) is 1. The minimum Gasteiger partial charge on any atom is -0.507 e. The molecule has 7 nitrogen and oxygen atoms in total. The second kappa shape index (κ2) is 9.45. The van der Waals surface area contributed by atoms with E-state index < -0.39 is 17.7 Å². The first-order valence-electron chi connectivity index (χ1n) is 9.57. The summed E-state index contributed by atoms with van der Waals surface area (Å²) < 4.78 is 15.5. The third-order valence-corrected chi connectivity index (χ3v) is 5.06. The third kappa shape index (κ3) is 4.16. The van der Waals surface area contributed by atoms with Crippen LogP contribution in [0.5, 0.6) is 11.5 Å². The number of ketones is 1. The quantitative estimate of drug-likeness (QED) is 0.311. The Labute approximate surface area is 175 Å². The monoisotopic (exact) mass is 411 g/mol. The Hall–Kier alpha value is -3.32. The molecule has 1 fully saturated rings. The van der Waals surface area contributed by atoms with Gasteiger partial charge in [0.25, 0.3) is 11.7 Å². The van der Waals surface area contributed by atoms with Gasteiger partial charge in [-0.15, -0.1) is 0 Å². The van der Waals surface area contributed by atoms with Gasteiger partial charge in [-0.1, -0.05) is 12.1 Å². The molecule has 0 saturated carbocycles. The van der Waals surface area contributed by atoms with Crippen LogP contribution in [-0.4, -0.2) is 56.2 Å². The molecule has 2 aromatic rings. The molecule has 1 heterocycles. The fourth-order valence-electron chi connectivity index (χ4n) is 3.55.